The van der Waals surface area contributed by atoms with E-state index in [1.54, 1.807) is 29.2 Å². The predicted octanol–water partition coefficient (Wildman–Crippen LogP) is 2.20. The molecular formula is C20H21N3O3. The first kappa shape index (κ1) is 16.4. The molecule has 2 aromatic rings. The number of urea groups is 1. The van der Waals surface area contributed by atoms with E-state index < -0.39 is 0 Å². The third kappa shape index (κ3) is 3.35. The molecule has 0 aromatic heterocycles. The van der Waals surface area contributed by atoms with Gasteiger partial charge in [-0.25, -0.2) is 4.79 Å². The number of hydrogen-bond donors (Lipinski definition) is 2. The van der Waals surface area contributed by atoms with E-state index in [0.717, 1.165) is 17.9 Å². The Hall–Kier alpha value is -3.02. The second kappa shape index (κ2) is 7.07. The molecule has 1 fully saturated rings. The fourth-order valence-corrected chi connectivity index (χ4v) is 3.37. The molecule has 6 nitrogen and oxygen atoms in total. The first-order chi connectivity index (χ1) is 12.7. The van der Waals surface area contributed by atoms with Crippen LogP contribution in [0.3, 0.4) is 0 Å². The van der Waals surface area contributed by atoms with Crippen LogP contribution in [0.25, 0.3) is 0 Å². The van der Waals surface area contributed by atoms with Crippen molar-refractivity contribution >= 4 is 17.6 Å². The van der Waals surface area contributed by atoms with Gasteiger partial charge in [0.1, 0.15) is 5.75 Å². The molecule has 3 amide bonds. The normalized spacial score (nSPS) is 18.7. The Morgan fingerprint density at radius 3 is 2.77 bits per heavy atom. The van der Waals surface area contributed by atoms with Crippen LogP contribution in [-0.2, 0) is 6.42 Å². The van der Waals surface area contributed by atoms with Gasteiger partial charge in [-0.3, -0.25) is 9.69 Å². The summed E-state index contributed by atoms with van der Waals surface area (Å²) in [6, 6.07) is 15.0. The van der Waals surface area contributed by atoms with E-state index in [2.05, 4.69) is 16.7 Å². The Morgan fingerprint density at radius 2 is 2.00 bits per heavy atom. The molecule has 4 rings (SSSR count). The molecule has 0 bridgehead atoms. The van der Waals surface area contributed by atoms with Crippen molar-refractivity contribution in [2.75, 3.05) is 31.1 Å². The Kier molecular flexibility index (Phi) is 4.48. The number of anilines is 1. The Morgan fingerprint density at radius 1 is 1.19 bits per heavy atom. The highest BCUT2D eigenvalue weighted by atomic mass is 16.5. The van der Waals surface area contributed by atoms with Gasteiger partial charge >= 0.3 is 6.03 Å². The Balaban J connectivity index is 1.33. The zero-order valence-electron chi connectivity index (χ0n) is 14.4. The average Bonchev–Trinajstić information content (AvgIpc) is 3.12. The molecule has 2 heterocycles. The van der Waals surface area contributed by atoms with Crippen LogP contribution < -0.4 is 20.3 Å². The maximum absolute atomic E-state index is 12.4. The summed E-state index contributed by atoms with van der Waals surface area (Å²) in [4.78, 5) is 25.7. The van der Waals surface area contributed by atoms with Crippen LogP contribution in [0.2, 0.25) is 0 Å². The van der Waals surface area contributed by atoms with Crippen LogP contribution in [0, 0.1) is 5.92 Å². The first-order valence-electron chi connectivity index (χ1n) is 8.85. The van der Waals surface area contributed by atoms with Gasteiger partial charge in [-0.15, -0.1) is 0 Å². The summed E-state index contributed by atoms with van der Waals surface area (Å²) in [5.74, 6) is 1.10. The highest BCUT2D eigenvalue weighted by Gasteiger charge is 2.22. The number of fused-ring (bicyclic) bond motifs is 1. The number of benzene rings is 2. The molecule has 26 heavy (non-hydrogen) atoms. The quantitative estimate of drug-likeness (QED) is 0.887. The summed E-state index contributed by atoms with van der Waals surface area (Å²) in [5, 5.41) is 5.75. The number of amides is 3. The van der Waals surface area contributed by atoms with Gasteiger partial charge in [-0.1, -0.05) is 18.2 Å². The summed E-state index contributed by atoms with van der Waals surface area (Å²) >= 11 is 0. The van der Waals surface area contributed by atoms with Gasteiger partial charge in [-0.05, 0) is 42.3 Å². The smallest absolute Gasteiger partial charge is 0.321 e. The highest BCUT2D eigenvalue weighted by molar-refractivity contribution is 5.97. The molecule has 0 spiro atoms. The van der Waals surface area contributed by atoms with E-state index in [-0.39, 0.29) is 17.9 Å². The highest BCUT2D eigenvalue weighted by Crippen LogP contribution is 2.26. The van der Waals surface area contributed by atoms with Crippen molar-refractivity contribution in [3.63, 3.8) is 0 Å². The fraction of sp³-hybridized carbons (Fsp3) is 0.300. The number of nitrogens with one attached hydrogen (secondary N) is 2. The summed E-state index contributed by atoms with van der Waals surface area (Å²) in [5.41, 5.74) is 2.57. The van der Waals surface area contributed by atoms with Gasteiger partial charge in [0.15, 0.2) is 0 Å². The molecular weight excluding hydrogens is 330 g/mol. The van der Waals surface area contributed by atoms with Gasteiger partial charge in [-0.2, -0.15) is 0 Å². The molecule has 0 radical (unpaired) electrons. The lowest BCUT2D eigenvalue weighted by atomic mass is 9.96. The van der Waals surface area contributed by atoms with Crippen molar-refractivity contribution in [2.24, 2.45) is 5.92 Å². The molecule has 0 saturated carbocycles. The minimum Gasteiger partial charge on any atom is -0.493 e. The van der Waals surface area contributed by atoms with Gasteiger partial charge in [0.2, 0.25) is 0 Å². The SMILES string of the molecule is O=C(NCC1COc2ccccc2C1)c1ccc(N2CCNC2=O)cc1. The van der Waals surface area contributed by atoms with E-state index in [1.165, 1.54) is 5.56 Å². The van der Waals surface area contributed by atoms with Crippen LogP contribution in [0.4, 0.5) is 10.5 Å². The number of ether oxygens (including phenoxy) is 1. The molecule has 6 heteroatoms. The lowest BCUT2D eigenvalue weighted by molar-refractivity contribution is 0.0939. The van der Waals surface area contributed by atoms with E-state index in [1.807, 2.05) is 18.2 Å². The minimum atomic E-state index is -0.110. The third-order valence-electron chi connectivity index (χ3n) is 4.80. The van der Waals surface area contributed by atoms with Crippen LogP contribution >= 0.6 is 0 Å². The summed E-state index contributed by atoms with van der Waals surface area (Å²) in [7, 11) is 0. The second-order valence-corrected chi connectivity index (χ2v) is 6.63. The molecule has 2 N–H and O–H groups in total. The molecule has 2 aliphatic heterocycles. The number of carbonyl (C=O) groups excluding carboxylic acids is 2. The number of para-hydroxylation sites is 1. The number of rotatable bonds is 4. The van der Waals surface area contributed by atoms with Crippen LogP contribution in [0.15, 0.2) is 48.5 Å². The van der Waals surface area contributed by atoms with E-state index in [0.29, 0.717) is 31.8 Å². The fourth-order valence-electron chi connectivity index (χ4n) is 3.37. The van der Waals surface area contributed by atoms with E-state index >= 15 is 0 Å². The van der Waals surface area contributed by atoms with E-state index in [9.17, 15) is 9.59 Å². The van der Waals surface area contributed by atoms with Crippen molar-refractivity contribution in [1.82, 2.24) is 10.6 Å². The van der Waals surface area contributed by atoms with Gasteiger partial charge < -0.3 is 15.4 Å². The minimum absolute atomic E-state index is 0.0974. The Bertz CT molecular complexity index is 819. The van der Waals surface area contributed by atoms with Crippen molar-refractivity contribution in [2.45, 2.75) is 6.42 Å². The maximum Gasteiger partial charge on any atom is 0.321 e. The second-order valence-electron chi connectivity index (χ2n) is 6.63. The number of hydrogen-bond acceptors (Lipinski definition) is 3. The lowest BCUT2D eigenvalue weighted by Crippen LogP contribution is -2.34. The van der Waals surface area contributed by atoms with Crippen LogP contribution in [-0.4, -0.2) is 38.2 Å². The topological polar surface area (TPSA) is 70.7 Å². The van der Waals surface area contributed by atoms with Crippen LogP contribution in [0.1, 0.15) is 15.9 Å². The largest absolute Gasteiger partial charge is 0.493 e. The van der Waals surface area contributed by atoms with E-state index in [4.69, 9.17) is 4.74 Å². The number of carbonyl (C=O) groups is 2. The average molecular weight is 351 g/mol. The standard InChI is InChI=1S/C20H21N3O3/c24-19(15-5-7-17(8-6-15)23-10-9-21-20(23)25)22-12-14-11-16-3-1-2-4-18(16)26-13-14/h1-8,14H,9-13H2,(H,21,25)(H,22,24). The molecule has 0 aliphatic carbocycles. The number of nitrogens with zero attached hydrogens (tertiary/aromatic N) is 1. The van der Waals surface area contributed by atoms with Crippen molar-refractivity contribution in [3.05, 3.63) is 59.7 Å². The van der Waals surface area contributed by atoms with Gasteiger partial charge in [0, 0.05) is 36.8 Å². The van der Waals surface area contributed by atoms with Crippen LogP contribution in [0.5, 0.6) is 5.75 Å². The molecule has 1 unspecified atom stereocenters. The maximum atomic E-state index is 12.4. The van der Waals surface area contributed by atoms with Gasteiger partial charge in [0.05, 0.1) is 6.61 Å². The van der Waals surface area contributed by atoms with Crippen molar-refractivity contribution in [3.8, 4) is 5.75 Å². The summed E-state index contributed by atoms with van der Waals surface area (Å²) in [6.45, 7) is 2.48. The molecule has 134 valence electrons. The van der Waals surface area contributed by atoms with Gasteiger partial charge in [0.25, 0.3) is 5.91 Å². The Labute approximate surface area is 152 Å². The zero-order valence-corrected chi connectivity index (χ0v) is 14.4. The molecule has 1 atom stereocenters. The van der Waals surface area contributed by atoms with Crippen molar-refractivity contribution in [1.29, 1.82) is 0 Å². The summed E-state index contributed by atoms with van der Waals surface area (Å²) in [6.07, 6.45) is 0.902. The monoisotopic (exact) mass is 351 g/mol. The zero-order chi connectivity index (χ0) is 17.9. The molecule has 2 aromatic carbocycles. The first-order valence-corrected chi connectivity index (χ1v) is 8.85. The third-order valence-corrected chi connectivity index (χ3v) is 4.80. The molecule has 1 saturated heterocycles. The molecule has 2 aliphatic rings. The lowest BCUT2D eigenvalue weighted by Gasteiger charge is -2.25. The summed E-state index contributed by atoms with van der Waals surface area (Å²) < 4.78 is 5.76. The predicted molar refractivity (Wildman–Crippen MR) is 98.7 cm³/mol. The van der Waals surface area contributed by atoms with Crippen molar-refractivity contribution < 1.29 is 14.3 Å².